The van der Waals surface area contributed by atoms with Crippen LogP contribution >= 0.6 is 0 Å². The van der Waals surface area contributed by atoms with Crippen molar-refractivity contribution >= 4 is 23.6 Å². The fourth-order valence-electron chi connectivity index (χ4n) is 2.65. The van der Waals surface area contributed by atoms with Crippen molar-refractivity contribution in [2.45, 2.75) is 20.0 Å². The molecule has 0 spiro atoms. The molecule has 0 radical (unpaired) electrons. The zero-order chi connectivity index (χ0) is 23.1. The minimum atomic E-state index is -4.44. The van der Waals surface area contributed by atoms with E-state index in [9.17, 15) is 18.0 Å². The zero-order valence-corrected chi connectivity index (χ0v) is 17.4. The van der Waals surface area contributed by atoms with E-state index < -0.39 is 11.7 Å². The van der Waals surface area contributed by atoms with Crippen molar-refractivity contribution in [2.24, 2.45) is 5.10 Å². The summed E-state index contributed by atoms with van der Waals surface area (Å²) in [5.74, 6) is 0.351. The number of nitrogens with zero attached hydrogens (tertiary/aromatic N) is 2. The largest absolute Gasteiger partial charge is 0.484 e. The number of aromatic nitrogens is 1. The second-order valence-electron chi connectivity index (χ2n) is 7.01. The van der Waals surface area contributed by atoms with Crippen LogP contribution in [0.1, 0.15) is 22.3 Å². The number of amides is 1. The summed E-state index contributed by atoms with van der Waals surface area (Å²) in [6.07, 6.45) is -2.25. The standard InChI is InChI=1S/C23H21F3N4O2/c1-15-6-8-19(10-16(15)2)29-22(31)14-32-20-5-3-4-17(11-20)12-28-30-21-9-7-18(13-27-21)23(24,25)26/h3-13H,14H2,1-2H3,(H,27,30)(H,29,31)/b28-12+. The SMILES string of the molecule is Cc1ccc(NC(=O)COc2cccc(/C=N/Nc3ccc(C(F)(F)F)cn3)c2)cc1C. The van der Waals surface area contributed by atoms with Crippen LogP contribution < -0.4 is 15.5 Å². The summed E-state index contributed by atoms with van der Waals surface area (Å²) in [6.45, 7) is 3.80. The van der Waals surface area contributed by atoms with Crippen LogP contribution in [-0.4, -0.2) is 23.7 Å². The average molecular weight is 442 g/mol. The van der Waals surface area contributed by atoms with Crippen LogP contribution in [0.4, 0.5) is 24.7 Å². The topological polar surface area (TPSA) is 75.6 Å². The maximum absolute atomic E-state index is 12.6. The number of nitrogens with one attached hydrogen (secondary N) is 2. The summed E-state index contributed by atoms with van der Waals surface area (Å²) >= 11 is 0. The van der Waals surface area contributed by atoms with Gasteiger partial charge in [0.25, 0.3) is 5.91 Å². The van der Waals surface area contributed by atoms with Gasteiger partial charge in [0.1, 0.15) is 11.6 Å². The van der Waals surface area contributed by atoms with E-state index in [4.69, 9.17) is 4.74 Å². The number of aryl methyl sites for hydroxylation is 2. The number of alkyl halides is 3. The number of hydrazone groups is 1. The molecule has 0 fully saturated rings. The molecule has 166 valence electrons. The lowest BCUT2D eigenvalue weighted by Gasteiger charge is -2.09. The molecule has 0 aliphatic heterocycles. The number of carbonyl (C=O) groups is 1. The number of hydrogen-bond acceptors (Lipinski definition) is 5. The quantitative estimate of drug-likeness (QED) is 0.391. The molecule has 32 heavy (non-hydrogen) atoms. The molecular formula is C23H21F3N4O2. The van der Waals surface area contributed by atoms with Crippen LogP contribution in [0.2, 0.25) is 0 Å². The van der Waals surface area contributed by atoms with Crippen molar-refractivity contribution in [3.8, 4) is 5.75 Å². The first-order chi connectivity index (χ1) is 15.2. The van der Waals surface area contributed by atoms with Crippen molar-refractivity contribution in [1.82, 2.24) is 4.98 Å². The summed E-state index contributed by atoms with van der Waals surface area (Å²) in [6, 6.07) is 14.6. The summed E-state index contributed by atoms with van der Waals surface area (Å²) in [4.78, 5) is 15.8. The Kier molecular flexibility index (Phi) is 7.09. The summed E-state index contributed by atoms with van der Waals surface area (Å²) in [5.41, 5.74) is 5.31. The van der Waals surface area contributed by atoms with E-state index in [1.165, 1.54) is 12.3 Å². The van der Waals surface area contributed by atoms with Gasteiger partial charge in [0.2, 0.25) is 0 Å². The second-order valence-corrected chi connectivity index (χ2v) is 7.01. The maximum Gasteiger partial charge on any atom is 0.417 e. The Labute approximate surface area is 183 Å². The lowest BCUT2D eigenvalue weighted by molar-refractivity contribution is -0.137. The van der Waals surface area contributed by atoms with E-state index in [0.29, 0.717) is 17.0 Å². The number of benzene rings is 2. The molecule has 0 atom stereocenters. The number of rotatable bonds is 7. The third-order valence-electron chi connectivity index (χ3n) is 4.50. The Bertz CT molecular complexity index is 1110. The van der Waals surface area contributed by atoms with E-state index in [1.807, 2.05) is 32.0 Å². The maximum atomic E-state index is 12.6. The highest BCUT2D eigenvalue weighted by atomic mass is 19.4. The molecule has 1 aromatic heterocycles. The smallest absolute Gasteiger partial charge is 0.417 e. The van der Waals surface area contributed by atoms with Crippen molar-refractivity contribution in [2.75, 3.05) is 17.3 Å². The van der Waals surface area contributed by atoms with E-state index in [1.54, 1.807) is 24.3 Å². The predicted octanol–water partition coefficient (Wildman–Crippen LogP) is 5.18. The van der Waals surface area contributed by atoms with Crippen molar-refractivity contribution < 1.29 is 22.7 Å². The van der Waals surface area contributed by atoms with Gasteiger partial charge in [0.15, 0.2) is 6.61 Å². The number of hydrogen-bond donors (Lipinski definition) is 2. The van der Waals surface area contributed by atoms with Crippen LogP contribution in [0.3, 0.4) is 0 Å². The van der Waals surface area contributed by atoms with Crippen LogP contribution in [0.5, 0.6) is 5.75 Å². The van der Waals surface area contributed by atoms with E-state index in [2.05, 4.69) is 20.8 Å². The van der Waals surface area contributed by atoms with Gasteiger partial charge >= 0.3 is 6.18 Å². The Hall–Kier alpha value is -3.88. The molecule has 3 aromatic rings. The third-order valence-corrected chi connectivity index (χ3v) is 4.50. The minimum Gasteiger partial charge on any atom is -0.484 e. The molecule has 3 rings (SSSR count). The Morgan fingerprint density at radius 2 is 1.91 bits per heavy atom. The fraction of sp³-hybridized carbons (Fsp3) is 0.174. The average Bonchev–Trinajstić information content (AvgIpc) is 2.75. The van der Waals surface area contributed by atoms with Crippen molar-refractivity contribution in [3.63, 3.8) is 0 Å². The highest BCUT2D eigenvalue weighted by Gasteiger charge is 2.30. The van der Waals surface area contributed by atoms with Gasteiger partial charge in [0, 0.05) is 11.9 Å². The van der Waals surface area contributed by atoms with Gasteiger partial charge in [-0.15, -0.1) is 0 Å². The van der Waals surface area contributed by atoms with Gasteiger partial charge in [0.05, 0.1) is 11.8 Å². The Balaban J connectivity index is 1.52. The molecule has 9 heteroatoms. The number of ether oxygens (including phenoxy) is 1. The molecular weight excluding hydrogens is 421 g/mol. The fourth-order valence-corrected chi connectivity index (χ4v) is 2.65. The number of pyridine rings is 1. The van der Waals surface area contributed by atoms with E-state index in [0.717, 1.165) is 23.4 Å². The van der Waals surface area contributed by atoms with Crippen LogP contribution in [-0.2, 0) is 11.0 Å². The first-order valence-corrected chi connectivity index (χ1v) is 9.63. The molecule has 6 nitrogen and oxygen atoms in total. The molecule has 1 amide bonds. The second kappa shape index (κ2) is 9.95. The van der Waals surface area contributed by atoms with Gasteiger partial charge in [-0.1, -0.05) is 18.2 Å². The number of anilines is 2. The van der Waals surface area contributed by atoms with Crippen molar-refractivity contribution in [1.29, 1.82) is 0 Å². The summed E-state index contributed by atoms with van der Waals surface area (Å²) in [7, 11) is 0. The minimum absolute atomic E-state index is 0.165. The van der Waals surface area contributed by atoms with E-state index in [-0.39, 0.29) is 18.3 Å². The summed E-state index contributed by atoms with van der Waals surface area (Å²) < 4.78 is 43.2. The highest BCUT2D eigenvalue weighted by molar-refractivity contribution is 5.92. The molecule has 0 aliphatic carbocycles. The lowest BCUT2D eigenvalue weighted by Crippen LogP contribution is -2.20. The third kappa shape index (κ3) is 6.56. The van der Waals surface area contributed by atoms with Gasteiger partial charge < -0.3 is 10.1 Å². The van der Waals surface area contributed by atoms with Crippen LogP contribution in [0, 0.1) is 13.8 Å². The van der Waals surface area contributed by atoms with Gasteiger partial charge in [-0.25, -0.2) is 4.98 Å². The first-order valence-electron chi connectivity index (χ1n) is 9.63. The van der Waals surface area contributed by atoms with Crippen molar-refractivity contribution in [3.05, 3.63) is 83.0 Å². The highest BCUT2D eigenvalue weighted by Crippen LogP contribution is 2.28. The van der Waals surface area contributed by atoms with Gasteiger partial charge in [-0.2, -0.15) is 18.3 Å². The zero-order valence-electron chi connectivity index (χ0n) is 17.4. The Morgan fingerprint density at radius 3 is 2.59 bits per heavy atom. The van der Waals surface area contributed by atoms with Gasteiger partial charge in [-0.05, 0) is 66.9 Å². The lowest BCUT2D eigenvalue weighted by atomic mass is 10.1. The van der Waals surface area contributed by atoms with Crippen LogP contribution in [0.25, 0.3) is 0 Å². The summed E-state index contributed by atoms with van der Waals surface area (Å²) in [5, 5.41) is 6.74. The normalized spacial score (nSPS) is 11.4. The molecule has 2 N–H and O–H groups in total. The molecule has 0 unspecified atom stereocenters. The molecule has 0 bridgehead atoms. The monoisotopic (exact) mass is 442 g/mol. The molecule has 0 saturated heterocycles. The number of halogens is 3. The molecule has 0 saturated carbocycles. The Morgan fingerprint density at radius 1 is 1.09 bits per heavy atom. The van der Waals surface area contributed by atoms with E-state index >= 15 is 0 Å². The van der Waals surface area contributed by atoms with Crippen LogP contribution in [0.15, 0.2) is 65.9 Å². The first kappa shape index (κ1) is 22.8. The van der Waals surface area contributed by atoms with Gasteiger partial charge in [-0.3, -0.25) is 10.2 Å². The molecule has 2 aromatic carbocycles. The predicted molar refractivity (Wildman–Crippen MR) is 117 cm³/mol. The number of carbonyl (C=O) groups excluding carboxylic acids is 1. The molecule has 1 heterocycles. The molecule has 0 aliphatic rings.